The molecular formula is C15H17F2NOS. The quantitative estimate of drug-likeness (QED) is 0.825. The van der Waals surface area contributed by atoms with E-state index in [2.05, 4.69) is 21.5 Å². The van der Waals surface area contributed by atoms with E-state index in [1.54, 1.807) is 23.5 Å². The van der Waals surface area contributed by atoms with Crippen LogP contribution in [0.1, 0.15) is 23.4 Å². The number of nitrogens with one attached hydrogen (secondary N) is 1. The van der Waals surface area contributed by atoms with E-state index in [1.807, 2.05) is 19.1 Å². The summed E-state index contributed by atoms with van der Waals surface area (Å²) < 4.78 is 28.8. The summed E-state index contributed by atoms with van der Waals surface area (Å²) in [6.45, 7) is 0.0738. The molecule has 2 rings (SSSR count). The molecule has 0 bridgehead atoms. The maximum Gasteiger partial charge on any atom is 0.387 e. The van der Waals surface area contributed by atoms with Crippen LogP contribution >= 0.6 is 11.3 Å². The molecule has 1 atom stereocenters. The Morgan fingerprint density at radius 2 is 2.10 bits per heavy atom. The molecule has 1 N–H and O–H groups in total. The fourth-order valence-electron chi connectivity index (χ4n) is 1.94. The van der Waals surface area contributed by atoms with Crippen molar-refractivity contribution in [3.05, 3.63) is 52.2 Å². The van der Waals surface area contributed by atoms with Crippen LogP contribution in [-0.2, 0) is 6.42 Å². The Kier molecular flexibility index (Phi) is 5.49. The number of ether oxygens (including phenoxy) is 1. The van der Waals surface area contributed by atoms with Crippen molar-refractivity contribution in [2.75, 3.05) is 6.54 Å². The van der Waals surface area contributed by atoms with Crippen LogP contribution in [0.2, 0.25) is 0 Å². The van der Waals surface area contributed by atoms with Crippen molar-refractivity contribution in [1.82, 2.24) is 5.32 Å². The molecule has 0 saturated carbocycles. The van der Waals surface area contributed by atoms with Gasteiger partial charge in [0.15, 0.2) is 0 Å². The second-order valence-corrected chi connectivity index (χ2v) is 5.49. The van der Waals surface area contributed by atoms with E-state index < -0.39 is 6.61 Å². The van der Waals surface area contributed by atoms with Crippen LogP contribution in [0, 0.1) is 0 Å². The molecule has 5 heteroatoms. The van der Waals surface area contributed by atoms with E-state index in [9.17, 15) is 8.78 Å². The summed E-state index contributed by atoms with van der Waals surface area (Å²) in [6.07, 6.45) is 0.967. The molecule has 1 unspecified atom stereocenters. The van der Waals surface area contributed by atoms with Crippen LogP contribution in [0.15, 0.2) is 41.8 Å². The largest absolute Gasteiger partial charge is 0.435 e. The lowest BCUT2D eigenvalue weighted by Crippen LogP contribution is -2.21. The van der Waals surface area contributed by atoms with Crippen molar-refractivity contribution in [2.45, 2.75) is 26.0 Å². The first kappa shape index (κ1) is 14.9. The van der Waals surface area contributed by atoms with Gasteiger partial charge in [0.05, 0.1) is 0 Å². The monoisotopic (exact) mass is 297 g/mol. The third-order valence-corrected chi connectivity index (χ3v) is 3.92. The highest BCUT2D eigenvalue weighted by Gasteiger charge is 2.08. The zero-order valence-electron chi connectivity index (χ0n) is 11.2. The number of hydrogen-bond acceptors (Lipinski definition) is 3. The second kappa shape index (κ2) is 7.36. The molecule has 0 aliphatic carbocycles. The van der Waals surface area contributed by atoms with E-state index in [0.717, 1.165) is 18.5 Å². The number of hydrogen-bond donors (Lipinski definition) is 1. The third-order valence-electron chi connectivity index (χ3n) is 2.99. The summed E-state index contributed by atoms with van der Waals surface area (Å²) in [5.74, 6) is 0.199. The normalized spacial score (nSPS) is 12.6. The van der Waals surface area contributed by atoms with Crippen LogP contribution < -0.4 is 10.1 Å². The van der Waals surface area contributed by atoms with Crippen LogP contribution in [0.25, 0.3) is 0 Å². The van der Waals surface area contributed by atoms with Gasteiger partial charge in [-0.15, -0.1) is 11.3 Å². The highest BCUT2D eigenvalue weighted by atomic mass is 32.1. The van der Waals surface area contributed by atoms with Gasteiger partial charge in [-0.3, -0.25) is 0 Å². The second-order valence-electron chi connectivity index (χ2n) is 4.46. The summed E-state index contributed by atoms with van der Waals surface area (Å²) in [4.78, 5) is 1.33. The number of halogens is 2. The van der Waals surface area contributed by atoms with Gasteiger partial charge in [0.25, 0.3) is 0 Å². The molecule has 0 radical (unpaired) electrons. The first-order valence-electron chi connectivity index (χ1n) is 6.45. The molecule has 0 fully saturated rings. The van der Waals surface area contributed by atoms with Gasteiger partial charge in [-0.2, -0.15) is 8.78 Å². The summed E-state index contributed by atoms with van der Waals surface area (Å²) in [6, 6.07) is 11.0. The molecule has 20 heavy (non-hydrogen) atoms. The smallest absolute Gasteiger partial charge is 0.387 e. The van der Waals surface area contributed by atoms with E-state index in [1.165, 1.54) is 10.9 Å². The molecular weight excluding hydrogens is 280 g/mol. The molecule has 2 nitrogen and oxygen atoms in total. The topological polar surface area (TPSA) is 21.3 Å². The zero-order valence-corrected chi connectivity index (χ0v) is 12.0. The van der Waals surface area contributed by atoms with Crippen molar-refractivity contribution in [2.24, 2.45) is 0 Å². The van der Waals surface area contributed by atoms with Crippen molar-refractivity contribution in [1.29, 1.82) is 0 Å². The first-order valence-corrected chi connectivity index (χ1v) is 7.33. The Morgan fingerprint density at radius 3 is 2.80 bits per heavy atom. The van der Waals surface area contributed by atoms with Gasteiger partial charge in [0.1, 0.15) is 5.75 Å². The van der Waals surface area contributed by atoms with E-state index in [-0.39, 0.29) is 11.8 Å². The minimum Gasteiger partial charge on any atom is -0.435 e. The number of rotatable bonds is 7. The fourth-order valence-corrected chi connectivity index (χ4v) is 2.65. The lowest BCUT2D eigenvalue weighted by Gasteiger charge is -2.15. The Bertz CT molecular complexity index is 516. The molecule has 1 aromatic carbocycles. The third kappa shape index (κ3) is 4.58. The van der Waals surface area contributed by atoms with Gasteiger partial charge in [-0.1, -0.05) is 18.2 Å². The minimum absolute atomic E-state index is 0.0937. The first-order chi connectivity index (χ1) is 9.65. The number of benzene rings is 1. The fraction of sp³-hybridized carbons (Fsp3) is 0.333. The SMILES string of the molecule is CC(NCCc1cccs1)c1cccc(OC(F)F)c1. The molecule has 1 heterocycles. The van der Waals surface area contributed by atoms with E-state index in [4.69, 9.17) is 0 Å². The zero-order chi connectivity index (χ0) is 14.4. The number of alkyl halides is 2. The average molecular weight is 297 g/mol. The Balaban J connectivity index is 1.86. The molecule has 0 aliphatic heterocycles. The maximum absolute atomic E-state index is 12.2. The summed E-state index contributed by atoms with van der Waals surface area (Å²) >= 11 is 1.74. The molecule has 0 aliphatic rings. The van der Waals surface area contributed by atoms with E-state index >= 15 is 0 Å². The molecule has 1 aromatic heterocycles. The van der Waals surface area contributed by atoms with Crippen molar-refractivity contribution >= 4 is 11.3 Å². The van der Waals surface area contributed by atoms with Crippen LogP contribution in [0.3, 0.4) is 0 Å². The van der Waals surface area contributed by atoms with Crippen molar-refractivity contribution < 1.29 is 13.5 Å². The van der Waals surface area contributed by atoms with Crippen LogP contribution in [-0.4, -0.2) is 13.2 Å². The number of thiophene rings is 1. The average Bonchev–Trinajstić information content (AvgIpc) is 2.91. The van der Waals surface area contributed by atoms with Crippen LogP contribution in [0.4, 0.5) is 8.78 Å². The Morgan fingerprint density at radius 1 is 1.25 bits per heavy atom. The lowest BCUT2D eigenvalue weighted by atomic mass is 10.1. The maximum atomic E-state index is 12.2. The van der Waals surface area contributed by atoms with Crippen LogP contribution in [0.5, 0.6) is 5.75 Å². The van der Waals surface area contributed by atoms with Gasteiger partial charge >= 0.3 is 6.61 Å². The summed E-state index contributed by atoms with van der Waals surface area (Å²) in [7, 11) is 0. The van der Waals surface area contributed by atoms with Gasteiger partial charge in [-0.05, 0) is 42.5 Å². The molecule has 0 saturated heterocycles. The minimum atomic E-state index is -2.78. The molecule has 0 spiro atoms. The standard InChI is InChI=1S/C15H17F2NOS/c1-11(18-8-7-14-6-3-9-20-14)12-4-2-5-13(10-12)19-15(16)17/h2-6,9-11,15,18H,7-8H2,1H3. The highest BCUT2D eigenvalue weighted by molar-refractivity contribution is 7.09. The summed E-state index contributed by atoms with van der Waals surface area (Å²) in [5.41, 5.74) is 0.939. The predicted octanol–water partition coefficient (Wildman–Crippen LogP) is 4.24. The van der Waals surface area contributed by atoms with Gasteiger partial charge in [0, 0.05) is 17.5 Å². The van der Waals surface area contributed by atoms with E-state index in [0.29, 0.717) is 0 Å². The predicted molar refractivity (Wildman–Crippen MR) is 77.5 cm³/mol. The highest BCUT2D eigenvalue weighted by Crippen LogP contribution is 2.20. The Labute approximate surface area is 121 Å². The Hall–Kier alpha value is -1.46. The molecule has 2 aromatic rings. The van der Waals surface area contributed by atoms with Crippen molar-refractivity contribution in [3.8, 4) is 5.75 Å². The molecule has 0 amide bonds. The van der Waals surface area contributed by atoms with Gasteiger partial charge < -0.3 is 10.1 Å². The molecule has 108 valence electrons. The van der Waals surface area contributed by atoms with Gasteiger partial charge in [-0.25, -0.2) is 0 Å². The lowest BCUT2D eigenvalue weighted by molar-refractivity contribution is -0.0499. The van der Waals surface area contributed by atoms with Crippen molar-refractivity contribution in [3.63, 3.8) is 0 Å². The summed E-state index contributed by atoms with van der Waals surface area (Å²) in [5, 5.41) is 5.44. The van der Waals surface area contributed by atoms with Gasteiger partial charge in [0.2, 0.25) is 0 Å².